The van der Waals surface area contributed by atoms with Crippen LogP contribution in [0.5, 0.6) is 0 Å². The Morgan fingerprint density at radius 3 is 2.31 bits per heavy atom. The van der Waals surface area contributed by atoms with Gasteiger partial charge in [-0.2, -0.15) is 0 Å². The van der Waals surface area contributed by atoms with E-state index in [2.05, 4.69) is 15.3 Å². The minimum atomic E-state index is -0.625. The molecule has 184 valence electrons. The summed E-state index contributed by atoms with van der Waals surface area (Å²) in [6.45, 7) is 7.80. The summed E-state index contributed by atoms with van der Waals surface area (Å²) in [5.41, 5.74) is 2.85. The highest BCUT2D eigenvalue weighted by Crippen LogP contribution is 2.23. The van der Waals surface area contributed by atoms with Crippen molar-refractivity contribution in [2.24, 2.45) is 0 Å². The van der Waals surface area contributed by atoms with Crippen molar-refractivity contribution in [3.8, 4) is 0 Å². The second-order valence-corrected chi connectivity index (χ2v) is 9.42. The van der Waals surface area contributed by atoms with Gasteiger partial charge in [0.2, 0.25) is 0 Å². The Morgan fingerprint density at radius 2 is 1.71 bits per heavy atom. The third-order valence-electron chi connectivity index (χ3n) is 5.05. The molecule has 0 spiro atoms. The minimum absolute atomic E-state index is 0.256. The number of carbonyl (C=O) groups excluding carboxylic acids is 2. The van der Waals surface area contributed by atoms with E-state index in [-0.39, 0.29) is 5.91 Å². The number of hydrogen-bond donors (Lipinski definition) is 1. The van der Waals surface area contributed by atoms with E-state index in [1.54, 1.807) is 41.4 Å². The van der Waals surface area contributed by atoms with Crippen molar-refractivity contribution in [1.82, 2.24) is 9.97 Å². The Labute approximate surface area is 207 Å². The normalized spacial score (nSPS) is 11.0. The highest BCUT2D eigenvalue weighted by atomic mass is 16.6. The van der Waals surface area contributed by atoms with Crippen molar-refractivity contribution in [2.45, 2.75) is 39.7 Å². The van der Waals surface area contributed by atoms with Crippen LogP contribution in [0.25, 0.3) is 0 Å². The lowest BCUT2D eigenvalue weighted by Crippen LogP contribution is -2.38. The van der Waals surface area contributed by atoms with Gasteiger partial charge in [-0.1, -0.05) is 6.07 Å². The van der Waals surface area contributed by atoms with Crippen LogP contribution >= 0.6 is 0 Å². The van der Waals surface area contributed by atoms with Gasteiger partial charge in [0.25, 0.3) is 5.91 Å². The number of aromatic nitrogens is 2. The maximum absolute atomic E-state index is 13.0. The molecule has 1 aromatic carbocycles. The third kappa shape index (κ3) is 7.27. The molecule has 1 N–H and O–H groups in total. The highest BCUT2D eigenvalue weighted by molar-refractivity contribution is 6.07. The van der Waals surface area contributed by atoms with Gasteiger partial charge < -0.3 is 15.0 Å². The second-order valence-electron chi connectivity index (χ2n) is 9.42. The van der Waals surface area contributed by atoms with Gasteiger partial charge in [-0.05, 0) is 76.2 Å². The van der Waals surface area contributed by atoms with E-state index < -0.39 is 11.7 Å². The summed E-state index contributed by atoms with van der Waals surface area (Å²) >= 11 is 0. The molecule has 0 saturated heterocycles. The number of nitrogens with one attached hydrogen (secondary N) is 1. The molecule has 2 aromatic heterocycles. The molecule has 3 aromatic rings. The van der Waals surface area contributed by atoms with Crippen molar-refractivity contribution in [3.63, 3.8) is 0 Å². The van der Waals surface area contributed by atoms with E-state index in [0.717, 1.165) is 11.4 Å². The van der Waals surface area contributed by atoms with Crippen LogP contribution in [0.4, 0.5) is 22.0 Å². The average molecular weight is 476 g/mol. The standard InChI is InChI=1S/C27H33N5O3/c1-19-10-15-23(24(29-19)31(5)6)25(33)30-21-11-13-22(14-12-21)32(26(34)35-27(2,3)4)18-16-20-9-7-8-17-28-20/h7-15,17H,16,18H2,1-6H3,(H,30,33). The summed E-state index contributed by atoms with van der Waals surface area (Å²) in [5.74, 6) is 0.345. The Bertz CT molecular complexity index is 1160. The molecule has 0 bridgehead atoms. The Hall–Kier alpha value is -3.94. The lowest BCUT2D eigenvalue weighted by atomic mass is 10.2. The van der Waals surface area contributed by atoms with E-state index >= 15 is 0 Å². The zero-order chi connectivity index (χ0) is 25.6. The molecule has 8 heteroatoms. The molecule has 0 aliphatic carbocycles. The lowest BCUT2D eigenvalue weighted by molar-refractivity contribution is 0.0580. The van der Waals surface area contributed by atoms with E-state index in [1.807, 2.05) is 71.0 Å². The summed E-state index contributed by atoms with van der Waals surface area (Å²) in [4.78, 5) is 38.1. The molecule has 0 aliphatic heterocycles. The van der Waals surface area contributed by atoms with Crippen molar-refractivity contribution >= 4 is 29.2 Å². The van der Waals surface area contributed by atoms with Crippen LogP contribution in [0.1, 0.15) is 42.5 Å². The summed E-state index contributed by atoms with van der Waals surface area (Å²) in [5, 5.41) is 2.91. The molecule has 0 radical (unpaired) electrons. The van der Waals surface area contributed by atoms with Crippen LogP contribution in [-0.4, -0.2) is 48.2 Å². The average Bonchev–Trinajstić information content (AvgIpc) is 2.79. The fraction of sp³-hybridized carbons (Fsp3) is 0.333. The summed E-state index contributed by atoms with van der Waals surface area (Å²) in [7, 11) is 3.70. The molecule has 35 heavy (non-hydrogen) atoms. The number of rotatable bonds is 7. The van der Waals surface area contributed by atoms with Gasteiger partial charge in [0, 0.05) is 56.0 Å². The molecule has 0 atom stereocenters. The third-order valence-corrected chi connectivity index (χ3v) is 5.05. The van der Waals surface area contributed by atoms with Gasteiger partial charge in [0.15, 0.2) is 0 Å². The second kappa shape index (κ2) is 11.0. The monoisotopic (exact) mass is 475 g/mol. The predicted octanol–water partition coefficient (Wildman–Crippen LogP) is 5.09. The van der Waals surface area contributed by atoms with Crippen molar-refractivity contribution in [1.29, 1.82) is 0 Å². The van der Waals surface area contributed by atoms with E-state index in [0.29, 0.717) is 35.7 Å². The Kier molecular flexibility index (Phi) is 8.06. The van der Waals surface area contributed by atoms with Crippen LogP contribution in [-0.2, 0) is 11.2 Å². The first-order valence-electron chi connectivity index (χ1n) is 11.5. The number of benzene rings is 1. The first-order valence-corrected chi connectivity index (χ1v) is 11.5. The van der Waals surface area contributed by atoms with Gasteiger partial charge in [0.05, 0.1) is 5.56 Å². The zero-order valence-electron chi connectivity index (χ0n) is 21.2. The minimum Gasteiger partial charge on any atom is -0.443 e. The predicted molar refractivity (Wildman–Crippen MR) is 139 cm³/mol. The van der Waals surface area contributed by atoms with Gasteiger partial charge in [-0.15, -0.1) is 0 Å². The molecular weight excluding hydrogens is 442 g/mol. The van der Waals surface area contributed by atoms with Crippen LogP contribution in [0, 0.1) is 6.92 Å². The van der Waals surface area contributed by atoms with Crippen LogP contribution < -0.4 is 15.1 Å². The van der Waals surface area contributed by atoms with Crippen molar-refractivity contribution in [3.05, 3.63) is 77.7 Å². The van der Waals surface area contributed by atoms with E-state index in [1.165, 1.54) is 0 Å². The number of ether oxygens (including phenoxy) is 1. The SMILES string of the molecule is Cc1ccc(C(=O)Nc2ccc(N(CCc3ccccn3)C(=O)OC(C)(C)C)cc2)c(N(C)C)n1. The molecule has 0 fully saturated rings. The van der Waals surface area contributed by atoms with Gasteiger partial charge in [-0.3, -0.25) is 14.7 Å². The van der Waals surface area contributed by atoms with Gasteiger partial charge in [-0.25, -0.2) is 9.78 Å². The molecule has 8 nitrogen and oxygen atoms in total. The maximum Gasteiger partial charge on any atom is 0.414 e. The van der Waals surface area contributed by atoms with Crippen molar-refractivity contribution in [2.75, 3.05) is 35.8 Å². The van der Waals surface area contributed by atoms with Gasteiger partial charge >= 0.3 is 6.09 Å². The molecule has 2 heterocycles. The number of carbonyl (C=O) groups is 2. The van der Waals surface area contributed by atoms with Crippen LogP contribution in [0.2, 0.25) is 0 Å². The molecule has 0 unspecified atom stereocenters. The van der Waals surface area contributed by atoms with E-state index in [9.17, 15) is 9.59 Å². The number of anilines is 3. The Morgan fingerprint density at radius 1 is 1.00 bits per heavy atom. The molecule has 3 rings (SSSR count). The number of aryl methyl sites for hydroxylation is 1. The summed E-state index contributed by atoms with van der Waals surface area (Å²) in [6.07, 6.45) is 1.87. The van der Waals surface area contributed by atoms with Crippen LogP contribution in [0.15, 0.2) is 60.8 Å². The fourth-order valence-corrected chi connectivity index (χ4v) is 3.40. The quantitative estimate of drug-likeness (QED) is 0.512. The smallest absolute Gasteiger partial charge is 0.414 e. The number of amides is 2. The number of pyridine rings is 2. The molecule has 0 saturated carbocycles. The zero-order valence-corrected chi connectivity index (χ0v) is 21.2. The maximum atomic E-state index is 13.0. The fourth-order valence-electron chi connectivity index (χ4n) is 3.40. The topological polar surface area (TPSA) is 87.7 Å². The lowest BCUT2D eigenvalue weighted by Gasteiger charge is -2.27. The van der Waals surface area contributed by atoms with E-state index in [4.69, 9.17) is 4.74 Å². The number of nitrogens with zero attached hydrogens (tertiary/aromatic N) is 4. The first kappa shape index (κ1) is 25.7. The molecule has 2 amide bonds. The molecular formula is C27H33N5O3. The number of hydrogen-bond acceptors (Lipinski definition) is 6. The largest absolute Gasteiger partial charge is 0.443 e. The Balaban J connectivity index is 1.78. The molecule has 0 aliphatic rings. The summed E-state index contributed by atoms with van der Waals surface area (Å²) < 4.78 is 5.63. The van der Waals surface area contributed by atoms with Crippen molar-refractivity contribution < 1.29 is 14.3 Å². The van der Waals surface area contributed by atoms with Crippen LogP contribution in [0.3, 0.4) is 0 Å². The highest BCUT2D eigenvalue weighted by Gasteiger charge is 2.24. The first-order chi connectivity index (χ1) is 16.5. The van der Waals surface area contributed by atoms with Gasteiger partial charge in [0.1, 0.15) is 11.4 Å². The summed E-state index contributed by atoms with van der Waals surface area (Å²) in [6, 6.07) is 16.4.